The molecule has 2 heterocycles. The number of hydrogen-bond acceptors (Lipinski definition) is 8. The minimum absolute atomic E-state index is 0.0738. The molecule has 3 unspecified atom stereocenters. The first-order valence-corrected chi connectivity index (χ1v) is 15.2. The molecular formula is C26H30Br4O8. The average Bonchev–Trinajstić information content (AvgIpc) is 3.78. The Morgan fingerprint density at radius 3 is 1.68 bits per heavy atom. The Kier molecular flexibility index (Phi) is 11.4. The molecule has 3 atom stereocenters. The molecule has 12 heteroatoms. The summed E-state index contributed by atoms with van der Waals surface area (Å²) in [6.45, 7) is 7.25. The zero-order valence-corrected chi connectivity index (χ0v) is 27.4. The minimum Gasteiger partial charge on any atom is -0.488 e. The van der Waals surface area contributed by atoms with Gasteiger partial charge in [0.1, 0.15) is 37.5 Å². The van der Waals surface area contributed by atoms with Gasteiger partial charge in [-0.1, -0.05) is 13.8 Å². The molecule has 2 fully saturated rings. The zero-order valence-electron chi connectivity index (χ0n) is 21.0. The number of ether oxygens (including phenoxy) is 7. The molecule has 0 aliphatic carbocycles. The van der Waals surface area contributed by atoms with E-state index in [0.717, 1.165) is 42.2 Å². The van der Waals surface area contributed by atoms with Crippen LogP contribution in [0, 0.1) is 0 Å². The van der Waals surface area contributed by atoms with Crippen molar-refractivity contribution in [3.63, 3.8) is 0 Å². The van der Waals surface area contributed by atoms with Crippen molar-refractivity contribution in [3.05, 3.63) is 53.3 Å². The maximum Gasteiger partial charge on any atom is 0.189 e. The van der Waals surface area contributed by atoms with Crippen molar-refractivity contribution in [2.45, 2.75) is 37.6 Å². The van der Waals surface area contributed by atoms with E-state index in [0.29, 0.717) is 24.7 Å². The van der Waals surface area contributed by atoms with E-state index in [4.69, 9.17) is 33.2 Å². The lowest BCUT2D eigenvalue weighted by molar-refractivity contribution is -0.0866. The summed E-state index contributed by atoms with van der Waals surface area (Å²) in [7, 11) is 0. The molecule has 1 N–H and O–H groups in total. The Morgan fingerprint density at radius 1 is 0.763 bits per heavy atom. The van der Waals surface area contributed by atoms with E-state index in [9.17, 15) is 5.11 Å². The topological polar surface area (TPSA) is 91.4 Å². The third-order valence-electron chi connectivity index (χ3n) is 6.04. The molecule has 8 nitrogen and oxygen atoms in total. The number of benzene rings is 2. The van der Waals surface area contributed by atoms with Gasteiger partial charge in [-0.05, 0) is 99.1 Å². The molecule has 4 rings (SSSR count). The molecule has 0 saturated carbocycles. The maximum atomic E-state index is 10.2. The van der Waals surface area contributed by atoms with Crippen LogP contribution in [0.2, 0.25) is 0 Å². The van der Waals surface area contributed by atoms with Gasteiger partial charge in [0.15, 0.2) is 12.5 Å². The largest absolute Gasteiger partial charge is 0.488 e. The maximum absolute atomic E-state index is 10.2. The van der Waals surface area contributed by atoms with E-state index in [1.807, 2.05) is 24.3 Å². The third kappa shape index (κ3) is 8.86. The van der Waals surface area contributed by atoms with E-state index < -0.39 is 6.10 Å². The van der Waals surface area contributed by atoms with Crippen LogP contribution in [0.5, 0.6) is 11.5 Å². The van der Waals surface area contributed by atoms with Gasteiger partial charge in [-0.15, -0.1) is 0 Å². The highest BCUT2D eigenvalue weighted by Gasteiger charge is 2.28. The first-order valence-electron chi connectivity index (χ1n) is 12.0. The van der Waals surface area contributed by atoms with Gasteiger partial charge in [0.2, 0.25) is 0 Å². The molecule has 2 aromatic carbocycles. The highest BCUT2D eigenvalue weighted by atomic mass is 79.9. The third-order valence-corrected chi connectivity index (χ3v) is 8.39. The monoisotopic (exact) mass is 786 g/mol. The second-order valence-corrected chi connectivity index (χ2v) is 12.9. The standard InChI is InChI=1S/C26H30Br4O8/c1-26(2,16-5-22(29)25(23(30)6-16)38-14-34-10-19-12-36-19)15-3-20(27)24(21(28)4-15)37-8-17(31)7-32-13-33-9-18-11-35-18/h3-6,17-19,31H,7-14H2,1-2H3. The molecule has 2 saturated heterocycles. The van der Waals surface area contributed by atoms with Crippen LogP contribution in [0.1, 0.15) is 25.0 Å². The summed E-state index contributed by atoms with van der Waals surface area (Å²) in [4.78, 5) is 0. The van der Waals surface area contributed by atoms with E-state index in [2.05, 4.69) is 77.6 Å². The van der Waals surface area contributed by atoms with Crippen LogP contribution in [-0.4, -0.2) is 76.6 Å². The van der Waals surface area contributed by atoms with Crippen molar-refractivity contribution < 1.29 is 38.3 Å². The molecule has 210 valence electrons. The molecule has 2 aromatic rings. The lowest BCUT2D eigenvalue weighted by atomic mass is 9.78. The first kappa shape index (κ1) is 30.7. The van der Waals surface area contributed by atoms with Crippen LogP contribution in [0.3, 0.4) is 0 Å². The zero-order chi connectivity index (χ0) is 27.3. The van der Waals surface area contributed by atoms with Gasteiger partial charge in [0.25, 0.3) is 0 Å². The normalized spacial score (nSPS) is 19.3. The number of halogens is 4. The van der Waals surface area contributed by atoms with Gasteiger partial charge in [0.05, 0.1) is 50.9 Å². The van der Waals surface area contributed by atoms with Crippen molar-refractivity contribution >= 4 is 63.7 Å². The lowest BCUT2D eigenvalue weighted by Crippen LogP contribution is -2.24. The van der Waals surface area contributed by atoms with E-state index >= 15 is 0 Å². The van der Waals surface area contributed by atoms with Gasteiger partial charge in [-0.25, -0.2) is 0 Å². The predicted molar refractivity (Wildman–Crippen MR) is 155 cm³/mol. The van der Waals surface area contributed by atoms with Crippen LogP contribution in [0.25, 0.3) is 0 Å². The van der Waals surface area contributed by atoms with Crippen LogP contribution < -0.4 is 9.47 Å². The van der Waals surface area contributed by atoms with Crippen LogP contribution in [-0.2, 0) is 29.1 Å². The number of rotatable bonds is 16. The fraction of sp³-hybridized carbons (Fsp3) is 0.538. The van der Waals surface area contributed by atoms with Gasteiger partial charge in [0, 0.05) is 5.41 Å². The second kappa shape index (κ2) is 14.1. The van der Waals surface area contributed by atoms with Crippen molar-refractivity contribution in [2.75, 3.05) is 53.2 Å². The van der Waals surface area contributed by atoms with Crippen molar-refractivity contribution in [1.82, 2.24) is 0 Å². The number of aliphatic hydroxyl groups excluding tert-OH is 1. The van der Waals surface area contributed by atoms with E-state index in [1.165, 1.54) is 0 Å². The first-order chi connectivity index (χ1) is 18.1. The molecule has 0 amide bonds. The number of hydrogen-bond donors (Lipinski definition) is 1. The number of epoxide rings is 2. The second-order valence-electron chi connectivity index (χ2n) is 9.53. The van der Waals surface area contributed by atoms with Crippen LogP contribution in [0.4, 0.5) is 0 Å². The fourth-order valence-corrected chi connectivity index (χ4v) is 6.37. The summed E-state index contributed by atoms with van der Waals surface area (Å²) >= 11 is 14.6. The van der Waals surface area contributed by atoms with E-state index in [-0.39, 0.29) is 44.4 Å². The SMILES string of the molecule is CC(C)(c1cc(Br)c(OCOCC2CO2)c(Br)c1)c1cc(Br)c(OCC(O)COCOCC2CO2)c(Br)c1. The summed E-state index contributed by atoms with van der Waals surface area (Å²) in [6, 6.07) is 8.15. The van der Waals surface area contributed by atoms with Gasteiger partial charge >= 0.3 is 0 Å². The molecule has 0 bridgehead atoms. The Hall–Kier alpha value is -0.280. The molecule has 0 aromatic heterocycles. The summed E-state index contributed by atoms with van der Waals surface area (Å²) in [5, 5.41) is 10.2. The molecule has 2 aliphatic heterocycles. The molecule has 38 heavy (non-hydrogen) atoms. The molecule has 2 aliphatic rings. The average molecular weight is 790 g/mol. The Morgan fingerprint density at radius 2 is 1.21 bits per heavy atom. The molecular weight excluding hydrogens is 760 g/mol. The Balaban J connectivity index is 1.34. The molecule has 0 spiro atoms. The van der Waals surface area contributed by atoms with Crippen molar-refractivity contribution in [1.29, 1.82) is 0 Å². The highest BCUT2D eigenvalue weighted by Crippen LogP contribution is 2.44. The van der Waals surface area contributed by atoms with Gasteiger partial charge < -0.3 is 38.3 Å². The fourth-order valence-electron chi connectivity index (χ4n) is 3.54. The van der Waals surface area contributed by atoms with Crippen LogP contribution in [0.15, 0.2) is 42.2 Å². The number of aliphatic hydroxyl groups is 1. The van der Waals surface area contributed by atoms with Crippen LogP contribution >= 0.6 is 63.7 Å². The lowest BCUT2D eigenvalue weighted by Gasteiger charge is -2.28. The summed E-state index contributed by atoms with van der Waals surface area (Å²) in [5.41, 5.74) is 1.78. The predicted octanol–water partition coefficient (Wildman–Crippen LogP) is 5.94. The smallest absolute Gasteiger partial charge is 0.189 e. The van der Waals surface area contributed by atoms with Crippen molar-refractivity contribution in [2.24, 2.45) is 0 Å². The van der Waals surface area contributed by atoms with Gasteiger partial charge in [-0.2, -0.15) is 0 Å². The molecule has 0 radical (unpaired) electrons. The minimum atomic E-state index is -0.798. The summed E-state index contributed by atoms with van der Waals surface area (Å²) < 4.78 is 41.3. The summed E-state index contributed by atoms with van der Waals surface area (Å²) in [6.07, 6.45) is -0.419. The quantitative estimate of drug-likeness (QED) is 0.127. The Bertz CT molecular complexity index is 1040. The van der Waals surface area contributed by atoms with Crippen molar-refractivity contribution in [3.8, 4) is 11.5 Å². The summed E-state index contributed by atoms with van der Waals surface area (Å²) in [5.74, 6) is 1.28. The van der Waals surface area contributed by atoms with Gasteiger partial charge in [-0.3, -0.25) is 0 Å². The van der Waals surface area contributed by atoms with E-state index in [1.54, 1.807) is 0 Å². The Labute approximate surface area is 256 Å². The highest BCUT2D eigenvalue weighted by molar-refractivity contribution is 9.11.